The Bertz CT molecular complexity index is 1860. The van der Waals surface area contributed by atoms with Crippen LogP contribution in [0.5, 0.6) is 0 Å². The molecule has 0 fully saturated rings. The highest BCUT2D eigenvalue weighted by Gasteiger charge is 2.14. The molecule has 7 aromatic rings. The van der Waals surface area contributed by atoms with Crippen LogP contribution in [-0.2, 0) is 0 Å². The van der Waals surface area contributed by atoms with Crippen molar-refractivity contribution in [3.05, 3.63) is 133 Å². The minimum absolute atomic E-state index is 0.911. The van der Waals surface area contributed by atoms with Gasteiger partial charge in [0.15, 0.2) is 0 Å². The van der Waals surface area contributed by atoms with Crippen molar-refractivity contribution in [2.24, 2.45) is 0 Å². The van der Waals surface area contributed by atoms with Crippen LogP contribution in [0.1, 0.15) is 0 Å². The van der Waals surface area contributed by atoms with Crippen LogP contribution in [0.15, 0.2) is 138 Å². The number of para-hydroxylation sites is 3. The third-order valence-corrected chi connectivity index (χ3v) is 6.89. The molecule has 0 aliphatic rings. The number of anilines is 2. The molecule has 0 amide bonds. The predicted octanol–water partition coefficient (Wildman–Crippen LogP) is 9.82. The maximum atomic E-state index is 6.32. The van der Waals surface area contributed by atoms with E-state index in [9.17, 15) is 0 Å². The third-order valence-electron chi connectivity index (χ3n) is 6.89. The van der Waals surface area contributed by atoms with Gasteiger partial charge >= 0.3 is 0 Å². The van der Waals surface area contributed by atoms with E-state index in [2.05, 4.69) is 127 Å². The second-order valence-corrected chi connectivity index (χ2v) is 9.06. The summed E-state index contributed by atoms with van der Waals surface area (Å²) in [6.07, 6.45) is 0. The van der Waals surface area contributed by atoms with Gasteiger partial charge in [0.1, 0.15) is 11.2 Å². The van der Waals surface area contributed by atoms with E-state index in [-0.39, 0.29) is 0 Å². The van der Waals surface area contributed by atoms with E-state index in [4.69, 9.17) is 4.42 Å². The number of hydrogen-bond donors (Lipinski definition) is 1. The minimum Gasteiger partial charge on any atom is -0.455 e. The number of benzene rings is 6. The molecule has 1 heterocycles. The molecule has 0 atom stereocenters. The zero-order valence-corrected chi connectivity index (χ0v) is 19.6. The van der Waals surface area contributed by atoms with Crippen LogP contribution in [0, 0.1) is 0 Å². The van der Waals surface area contributed by atoms with Gasteiger partial charge in [0.2, 0.25) is 0 Å². The summed E-state index contributed by atoms with van der Waals surface area (Å²) in [5.41, 5.74) is 8.56. The van der Waals surface area contributed by atoms with Gasteiger partial charge in [0, 0.05) is 33.3 Å². The van der Waals surface area contributed by atoms with Crippen LogP contribution in [0.2, 0.25) is 0 Å². The van der Waals surface area contributed by atoms with Gasteiger partial charge in [-0.3, -0.25) is 0 Å². The SMILES string of the molecule is c1ccc(-c2cccc3c2oc2ccccc23)c(Nc2ccc(-c3cccc4ccccc34)cc2)c1. The van der Waals surface area contributed by atoms with Gasteiger partial charge in [0.25, 0.3) is 0 Å². The summed E-state index contributed by atoms with van der Waals surface area (Å²) < 4.78 is 6.32. The molecule has 0 radical (unpaired) electrons. The Morgan fingerprint density at radius 3 is 2.00 bits per heavy atom. The highest BCUT2D eigenvalue weighted by Crippen LogP contribution is 2.39. The predicted molar refractivity (Wildman–Crippen MR) is 152 cm³/mol. The molecule has 6 aromatic carbocycles. The zero-order chi connectivity index (χ0) is 23.9. The van der Waals surface area contributed by atoms with E-state index in [1.807, 2.05) is 12.1 Å². The van der Waals surface area contributed by atoms with Crippen LogP contribution in [0.4, 0.5) is 11.4 Å². The number of hydrogen-bond acceptors (Lipinski definition) is 2. The van der Waals surface area contributed by atoms with Crippen molar-refractivity contribution >= 4 is 44.1 Å². The molecule has 0 saturated heterocycles. The Morgan fingerprint density at radius 1 is 0.444 bits per heavy atom. The number of fused-ring (bicyclic) bond motifs is 4. The van der Waals surface area contributed by atoms with Gasteiger partial charge in [-0.05, 0) is 46.2 Å². The Labute approximate surface area is 209 Å². The summed E-state index contributed by atoms with van der Waals surface area (Å²) in [6, 6.07) is 46.7. The van der Waals surface area contributed by atoms with Crippen LogP contribution in [-0.4, -0.2) is 0 Å². The third kappa shape index (κ3) is 3.43. The maximum Gasteiger partial charge on any atom is 0.143 e. The summed E-state index contributed by atoms with van der Waals surface area (Å²) in [5.74, 6) is 0. The first-order chi connectivity index (χ1) is 17.8. The quantitative estimate of drug-likeness (QED) is 0.282. The van der Waals surface area contributed by atoms with Crippen molar-refractivity contribution in [2.45, 2.75) is 0 Å². The Hall–Kier alpha value is -4.82. The molecule has 1 N–H and O–H groups in total. The smallest absolute Gasteiger partial charge is 0.143 e. The molecule has 7 rings (SSSR count). The first kappa shape index (κ1) is 20.5. The van der Waals surface area contributed by atoms with Crippen LogP contribution in [0.25, 0.3) is 55.0 Å². The minimum atomic E-state index is 0.911. The Morgan fingerprint density at radius 2 is 1.08 bits per heavy atom. The summed E-state index contributed by atoms with van der Waals surface area (Å²) in [5, 5.41) is 8.45. The van der Waals surface area contributed by atoms with Crippen LogP contribution < -0.4 is 5.32 Å². The van der Waals surface area contributed by atoms with Crippen molar-refractivity contribution in [2.75, 3.05) is 5.32 Å². The lowest BCUT2D eigenvalue weighted by atomic mass is 9.98. The first-order valence-corrected chi connectivity index (χ1v) is 12.2. The van der Waals surface area contributed by atoms with E-state index >= 15 is 0 Å². The van der Waals surface area contributed by atoms with Gasteiger partial charge in [0.05, 0.1) is 0 Å². The Balaban J connectivity index is 1.27. The van der Waals surface area contributed by atoms with Crippen molar-refractivity contribution < 1.29 is 4.42 Å². The summed E-state index contributed by atoms with van der Waals surface area (Å²) >= 11 is 0. The summed E-state index contributed by atoms with van der Waals surface area (Å²) in [7, 11) is 0. The molecule has 0 aliphatic carbocycles. The highest BCUT2D eigenvalue weighted by atomic mass is 16.3. The van der Waals surface area contributed by atoms with Crippen LogP contribution in [0.3, 0.4) is 0 Å². The van der Waals surface area contributed by atoms with Crippen molar-refractivity contribution in [1.82, 2.24) is 0 Å². The van der Waals surface area contributed by atoms with E-state index in [0.29, 0.717) is 0 Å². The molecule has 0 spiro atoms. The molecule has 2 nitrogen and oxygen atoms in total. The zero-order valence-electron chi connectivity index (χ0n) is 19.6. The molecule has 0 unspecified atom stereocenters. The molecular weight excluding hydrogens is 438 g/mol. The molecular formula is C34H23NO. The Kier molecular flexibility index (Phi) is 4.82. The lowest BCUT2D eigenvalue weighted by molar-refractivity contribution is 0.670. The standard InChI is InChI=1S/C34H23NO/c1-2-11-26-23(9-1)10-7-14-27(26)24-19-21-25(22-20-24)35-32-17-5-3-12-28(32)30-15-8-16-31-29-13-4-6-18-33(29)36-34(30)31/h1-22,35H. The number of rotatable bonds is 4. The molecule has 170 valence electrons. The lowest BCUT2D eigenvalue weighted by Gasteiger charge is -2.14. The van der Waals surface area contributed by atoms with Crippen molar-refractivity contribution in [3.63, 3.8) is 0 Å². The van der Waals surface area contributed by atoms with Crippen molar-refractivity contribution in [3.8, 4) is 22.3 Å². The fraction of sp³-hybridized carbons (Fsp3) is 0. The second kappa shape index (κ2) is 8.44. The van der Waals surface area contributed by atoms with Gasteiger partial charge in [-0.15, -0.1) is 0 Å². The number of furan rings is 1. The van der Waals surface area contributed by atoms with E-state index < -0.39 is 0 Å². The molecule has 0 saturated carbocycles. The normalized spacial score (nSPS) is 11.3. The summed E-state index contributed by atoms with van der Waals surface area (Å²) in [4.78, 5) is 0. The topological polar surface area (TPSA) is 25.2 Å². The average molecular weight is 462 g/mol. The fourth-order valence-electron chi connectivity index (χ4n) is 5.15. The molecule has 36 heavy (non-hydrogen) atoms. The van der Waals surface area contributed by atoms with Gasteiger partial charge in [-0.2, -0.15) is 0 Å². The van der Waals surface area contributed by atoms with E-state index in [0.717, 1.165) is 44.4 Å². The molecule has 1 aromatic heterocycles. The second-order valence-electron chi connectivity index (χ2n) is 9.06. The fourth-order valence-corrected chi connectivity index (χ4v) is 5.15. The van der Waals surface area contributed by atoms with Crippen LogP contribution >= 0.6 is 0 Å². The summed E-state index contributed by atoms with van der Waals surface area (Å²) in [6.45, 7) is 0. The maximum absolute atomic E-state index is 6.32. The van der Waals surface area contributed by atoms with Crippen molar-refractivity contribution in [1.29, 1.82) is 0 Å². The molecule has 0 aliphatic heterocycles. The first-order valence-electron chi connectivity index (χ1n) is 12.2. The molecule has 2 heteroatoms. The van der Waals surface area contributed by atoms with Gasteiger partial charge in [-0.1, -0.05) is 109 Å². The van der Waals surface area contributed by atoms with Gasteiger partial charge < -0.3 is 9.73 Å². The molecule has 0 bridgehead atoms. The van der Waals surface area contributed by atoms with E-state index in [1.54, 1.807) is 0 Å². The van der Waals surface area contributed by atoms with Gasteiger partial charge in [-0.25, -0.2) is 0 Å². The lowest BCUT2D eigenvalue weighted by Crippen LogP contribution is -1.93. The number of nitrogens with one attached hydrogen (secondary N) is 1. The highest BCUT2D eigenvalue weighted by molar-refractivity contribution is 6.10. The van der Waals surface area contributed by atoms with E-state index in [1.165, 1.54) is 21.9 Å². The average Bonchev–Trinajstić information content (AvgIpc) is 3.33. The largest absolute Gasteiger partial charge is 0.455 e. The monoisotopic (exact) mass is 461 g/mol.